The fourth-order valence-electron chi connectivity index (χ4n) is 1.85. The van der Waals surface area contributed by atoms with Gasteiger partial charge in [0.2, 0.25) is 11.0 Å². The predicted molar refractivity (Wildman–Crippen MR) is 101 cm³/mol. The molecule has 0 atom stereocenters. The molecule has 0 unspecified atom stereocenters. The Morgan fingerprint density at radius 2 is 2.17 bits per heavy atom. The lowest BCUT2D eigenvalue weighted by Crippen LogP contribution is -2.24. The van der Waals surface area contributed by atoms with Crippen LogP contribution in [-0.2, 0) is 20.4 Å². The SMILES string of the molecule is CCCCCS(=O)(=O)CC(=O)Nc1nnc(SCc2cccs2)s1. The Balaban J connectivity index is 1.79. The molecule has 10 heteroatoms. The minimum absolute atomic E-state index is 0.0479. The molecule has 132 valence electrons. The van der Waals surface area contributed by atoms with Crippen LogP contribution in [0.2, 0.25) is 0 Å². The van der Waals surface area contributed by atoms with E-state index in [4.69, 9.17) is 0 Å². The summed E-state index contributed by atoms with van der Waals surface area (Å²) in [7, 11) is -3.37. The first-order valence-electron chi connectivity index (χ1n) is 7.47. The van der Waals surface area contributed by atoms with Gasteiger partial charge in [-0.05, 0) is 17.9 Å². The van der Waals surface area contributed by atoms with Crippen molar-refractivity contribution in [2.24, 2.45) is 0 Å². The third-order valence-corrected chi connectivity index (χ3v) is 7.67. The minimum Gasteiger partial charge on any atom is -0.300 e. The molecule has 6 nitrogen and oxygen atoms in total. The average molecular weight is 406 g/mol. The van der Waals surface area contributed by atoms with Crippen LogP contribution < -0.4 is 5.32 Å². The van der Waals surface area contributed by atoms with E-state index in [0.29, 0.717) is 11.6 Å². The van der Waals surface area contributed by atoms with Gasteiger partial charge in [-0.25, -0.2) is 8.42 Å². The molecule has 0 bridgehead atoms. The summed E-state index contributed by atoms with van der Waals surface area (Å²) in [5.74, 6) is -0.218. The summed E-state index contributed by atoms with van der Waals surface area (Å²) >= 11 is 4.46. The Labute approximate surface area is 154 Å². The Morgan fingerprint density at radius 1 is 1.33 bits per heavy atom. The highest BCUT2D eigenvalue weighted by atomic mass is 32.2. The molecular weight excluding hydrogens is 386 g/mol. The summed E-state index contributed by atoms with van der Waals surface area (Å²) < 4.78 is 24.4. The van der Waals surface area contributed by atoms with Gasteiger partial charge in [0.1, 0.15) is 5.75 Å². The molecule has 24 heavy (non-hydrogen) atoms. The number of thiophene rings is 1. The quantitative estimate of drug-likeness (QED) is 0.370. The van der Waals surface area contributed by atoms with Gasteiger partial charge < -0.3 is 0 Å². The Bertz CT molecular complexity index is 741. The van der Waals surface area contributed by atoms with Crippen LogP contribution in [0.1, 0.15) is 31.1 Å². The largest absolute Gasteiger partial charge is 0.300 e. The lowest BCUT2D eigenvalue weighted by molar-refractivity contribution is -0.113. The molecule has 0 spiro atoms. The first-order chi connectivity index (χ1) is 11.5. The van der Waals surface area contributed by atoms with Gasteiger partial charge in [-0.1, -0.05) is 48.9 Å². The van der Waals surface area contributed by atoms with Crippen molar-refractivity contribution in [1.82, 2.24) is 10.2 Å². The summed E-state index contributed by atoms with van der Waals surface area (Å²) in [6, 6.07) is 4.04. The van der Waals surface area contributed by atoms with Gasteiger partial charge in [-0.2, -0.15) is 0 Å². The van der Waals surface area contributed by atoms with E-state index >= 15 is 0 Å². The molecule has 1 amide bonds. The van der Waals surface area contributed by atoms with E-state index in [1.807, 2.05) is 24.4 Å². The highest BCUT2D eigenvalue weighted by Crippen LogP contribution is 2.29. The standard InChI is InChI=1S/C14H19N3O3S4/c1-2-3-4-8-24(19,20)10-12(18)15-13-16-17-14(23-13)22-9-11-6-5-7-21-11/h5-7H,2-4,8-10H2,1H3,(H,15,16,18). The van der Waals surface area contributed by atoms with Gasteiger partial charge in [0.15, 0.2) is 14.2 Å². The van der Waals surface area contributed by atoms with Crippen molar-refractivity contribution in [1.29, 1.82) is 0 Å². The van der Waals surface area contributed by atoms with Crippen molar-refractivity contribution < 1.29 is 13.2 Å². The number of carbonyl (C=O) groups excluding carboxylic acids is 1. The van der Waals surface area contributed by atoms with Crippen molar-refractivity contribution in [3.63, 3.8) is 0 Å². The van der Waals surface area contributed by atoms with Crippen molar-refractivity contribution in [3.05, 3.63) is 22.4 Å². The van der Waals surface area contributed by atoms with Crippen LogP contribution in [0.3, 0.4) is 0 Å². The van der Waals surface area contributed by atoms with Gasteiger partial charge >= 0.3 is 0 Å². The Morgan fingerprint density at radius 3 is 2.88 bits per heavy atom. The van der Waals surface area contributed by atoms with E-state index in [9.17, 15) is 13.2 Å². The number of carbonyl (C=O) groups is 1. The molecule has 0 saturated heterocycles. The lowest BCUT2D eigenvalue weighted by Gasteiger charge is -2.03. The zero-order chi connectivity index (χ0) is 17.4. The van der Waals surface area contributed by atoms with Gasteiger partial charge in [0.25, 0.3) is 0 Å². The van der Waals surface area contributed by atoms with Gasteiger partial charge in [0, 0.05) is 10.6 Å². The van der Waals surface area contributed by atoms with Crippen LogP contribution in [0, 0.1) is 0 Å². The molecule has 0 fully saturated rings. The summed E-state index contributed by atoms with van der Waals surface area (Å²) in [4.78, 5) is 13.1. The number of amides is 1. The maximum atomic E-state index is 11.9. The number of hydrogen-bond acceptors (Lipinski definition) is 8. The van der Waals surface area contributed by atoms with E-state index in [-0.39, 0.29) is 5.75 Å². The normalized spacial score (nSPS) is 11.5. The van der Waals surface area contributed by atoms with Crippen LogP contribution in [0.25, 0.3) is 0 Å². The summed E-state index contributed by atoms with van der Waals surface area (Å²) in [5.41, 5.74) is 0. The topological polar surface area (TPSA) is 89.0 Å². The van der Waals surface area contributed by atoms with E-state index in [1.165, 1.54) is 28.0 Å². The molecule has 2 aromatic heterocycles. The maximum absolute atomic E-state index is 11.9. The molecule has 0 aliphatic carbocycles. The van der Waals surface area contributed by atoms with Crippen LogP contribution in [0.5, 0.6) is 0 Å². The first-order valence-corrected chi connectivity index (χ1v) is 12.0. The van der Waals surface area contributed by atoms with Crippen molar-refractivity contribution in [2.45, 2.75) is 36.3 Å². The number of nitrogens with zero attached hydrogens (tertiary/aromatic N) is 2. The fraction of sp³-hybridized carbons (Fsp3) is 0.500. The molecule has 2 heterocycles. The third-order valence-electron chi connectivity index (χ3n) is 2.98. The second-order valence-electron chi connectivity index (χ2n) is 5.09. The highest BCUT2D eigenvalue weighted by Gasteiger charge is 2.17. The van der Waals surface area contributed by atoms with Crippen molar-refractivity contribution >= 4 is 55.3 Å². The molecule has 2 aromatic rings. The predicted octanol–water partition coefficient (Wildman–Crippen LogP) is 3.44. The number of sulfone groups is 1. The Hall–Kier alpha value is -0.970. The van der Waals surface area contributed by atoms with E-state index in [1.54, 1.807) is 11.3 Å². The van der Waals surface area contributed by atoms with E-state index in [2.05, 4.69) is 15.5 Å². The molecule has 0 radical (unpaired) electrons. The molecule has 0 aromatic carbocycles. The van der Waals surface area contributed by atoms with Gasteiger partial charge in [0.05, 0.1) is 5.75 Å². The summed E-state index contributed by atoms with van der Waals surface area (Å²) in [6.07, 6.45) is 2.38. The second kappa shape index (κ2) is 9.50. The summed E-state index contributed by atoms with van der Waals surface area (Å²) in [5, 5.41) is 12.7. The number of aromatic nitrogens is 2. The number of unbranched alkanes of at least 4 members (excludes halogenated alkanes) is 2. The van der Waals surface area contributed by atoms with Crippen LogP contribution in [-0.4, -0.2) is 36.0 Å². The molecule has 0 aliphatic rings. The number of anilines is 1. The minimum atomic E-state index is -3.37. The number of rotatable bonds is 10. The Kier molecular flexibility index (Phi) is 7.66. The number of nitrogens with one attached hydrogen (secondary N) is 1. The van der Waals surface area contributed by atoms with Crippen molar-refractivity contribution in [2.75, 3.05) is 16.8 Å². The molecular formula is C14H19N3O3S4. The second-order valence-corrected chi connectivity index (χ2v) is 10.5. The number of thioether (sulfide) groups is 1. The van der Waals surface area contributed by atoms with Crippen LogP contribution in [0.15, 0.2) is 21.9 Å². The maximum Gasteiger partial charge on any atom is 0.241 e. The van der Waals surface area contributed by atoms with Crippen LogP contribution >= 0.6 is 34.4 Å². The van der Waals surface area contributed by atoms with Gasteiger partial charge in [-0.15, -0.1) is 21.5 Å². The lowest BCUT2D eigenvalue weighted by atomic mass is 10.3. The monoisotopic (exact) mass is 405 g/mol. The average Bonchev–Trinajstić information content (AvgIpc) is 3.16. The molecule has 0 aliphatic heterocycles. The third kappa shape index (κ3) is 6.88. The number of hydrogen-bond donors (Lipinski definition) is 1. The molecule has 1 N–H and O–H groups in total. The fourth-order valence-corrected chi connectivity index (χ4v) is 5.65. The van der Waals surface area contributed by atoms with Crippen LogP contribution in [0.4, 0.5) is 5.13 Å². The summed E-state index contributed by atoms with van der Waals surface area (Å²) in [6.45, 7) is 2.00. The smallest absolute Gasteiger partial charge is 0.241 e. The molecule has 0 saturated carbocycles. The van der Waals surface area contributed by atoms with Gasteiger partial charge in [-0.3, -0.25) is 10.1 Å². The zero-order valence-electron chi connectivity index (χ0n) is 13.2. The molecule has 2 rings (SSSR count). The first kappa shape index (κ1) is 19.4. The zero-order valence-corrected chi connectivity index (χ0v) is 16.5. The van der Waals surface area contributed by atoms with E-state index in [0.717, 1.165) is 22.9 Å². The highest BCUT2D eigenvalue weighted by molar-refractivity contribution is 8.00. The van der Waals surface area contributed by atoms with E-state index < -0.39 is 21.5 Å². The van der Waals surface area contributed by atoms with Crippen molar-refractivity contribution in [3.8, 4) is 0 Å².